The van der Waals surface area contributed by atoms with Crippen molar-refractivity contribution in [1.29, 1.82) is 0 Å². The molecule has 0 radical (unpaired) electrons. The van der Waals surface area contributed by atoms with Gasteiger partial charge in [0.05, 0.1) is 0 Å². The number of likely N-dealkylation sites (tertiary alicyclic amines) is 1. The summed E-state index contributed by atoms with van der Waals surface area (Å²) in [6.07, 6.45) is 3.18. The maximum Gasteiger partial charge on any atom is 0.287 e. The summed E-state index contributed by atoms with van der Waals surface area (Å²) >= 11 is 0. The molecule has 26 heavy (non-hydrogen) atoms. The summed E-state index contributed by atoms with van der Waals surface area (Å²) in [4.78, 5) is 15.0. The van der Waals surface area contributed by atoms with E-state index in [0.29, 0.717) is 5.76 Å². The van der Waals surface area contributed by atoms with Crippen molar-refractivity contribution in [2.75, 3.05) is 19.6 Å². The maximum atomic E-state index is 12.5. The van der Waals surface area contributed by atoms with Gasteiger partial charge in [0.2, 0.25) is 0 Å². The van der Waals surface area contributed by atoms with Gasteiger partial charge in [0.25, 0.3) is 5.91 Å². The first kappa shape index (κ1) is 16.9. The lowest BCUT2D eigenvalue weighted by molar-refractivity contribution is 0.0878. The normalized spacial score (nSPS) is 18.1. The third-order valence-electron chi connectivity index (χ3n) is 5.05. The van der Waals surface area contributed by atoms with Crippen molar-refractivity contribution in [1.82, 2.24) is 10.2 Å². The Morgan fingerprint density at radius 1 is 1.12 bits per heavy atom. The van der Waals surface area contributed by atoms with E-state index < -0.39 is 0 Å². The van der Waals surface area contributed by atoms with Crippen LogP contribution in [0, 0.1) is 0 Å². The molecule has 0 aliphatic carbocycles. The highest BCUT2D eigenvalue weighted by Gasteiger charge is 2.23. The Hall–Kier alpha value is -2.59. The third kappa shape index (κ3) is 3.97. The van der Waals surface area contributed by atoms with Crippen LogP contribution < -0.4 is 5.32 Å². The van der Waals surface area contributed by atoms with Crippen LogP contribution in [0.25, 0.3) is 11.0 Å². The van der Waals surface area contributed by atoms with Crippen LogP contribution in [0.1, 0.15) is 29.0 Å². The van der Waals surface area contributed by atoms with Gasteiger partial charge in [0.1, 0.15) is 5.58 Å². The molecule has 4 heteroatoms. The highest BCUT2D eigenvalue weighted by Crippen LogP contribution is 2.19. The third-order valence-corrected chi connectivity index (χ3v) is 5.05. The van der Waals surface area contributed by atoms with Crippen molar-refractivity contribution >= 4 is 16.9 Å². The molecule has 134 valence electrons. The number of carbonyl (C=O) groups excluding carboxylic acids is 1. The Kier molecular flexibility index (Phi) is 5.02. The van der Waals surface area contributed by atoms with Gasteiger partial charge in [-0.2, -0.15) is 0 Å². The predicted molar refractivity (Wildman–Crippen MR) is 103 cm³/mol. The number of furan rings is 1. The van der Waals surface area contributed by atoms with Gasteiger partial charge >= 0.3 is 0 Å². The summed E-state index contributed by atoms with van der Waals surface area (Å²) in [5, 5.41) is 4.11. The second-order valence-corrected chi connectivity index (χ2v) is 7.00. The summed E-state index contributed by atoms with van der Waals surface area (Å²) in [5.74, 6) is 0.281. The Bertz CT molecular complexity index is 839. The monoisotopic (exact) mass is 348 g/mol. The van der Waals surface area contributed by atoms with Gasteiger partial charge in [-0.1, -0.05) is 48.5 Å². The van der Waals surface area contributed by atoms with Crippen molar-refractivity contribution in [3.63, 3.8) is 0 Å². The second kappa shape index (κ2) is 7.75. The van der Waals surface area contributed by atoms with Crippen LogP contribution >= 0.6 is 0 Å². The molecule has 1 aromatic heterocycles. The molecule has 1 saturated heterocycles. The summed E-state index contributed by atoms with van der Waals surface area (Å²) < 4.78 is 5.68. The number of carbonyl (C=O) groups is 1. The molecule has 4 rings (SSSR count). The van der Waals surface area contributed by atoms with Crippen molar-refractivity contribution in [3.05, 3.63) is 72.0 Å². The molecule has 0 bridgehead atoms. The molecule has 1 aliphatic heterocycles. The van der Waals surface area contributed by atoms with E-state index in [1.807, 2.05) is 36.4 Å². The molecule has 1 fully saturated rings. The van der Waals surface area contributed by atoms with Crippen molar-refractivity contribution in [2.45, 2.75) is 25.3 Å². The van der Waals surface area contributed by atoms with Crippen LogP contribution in [0.3, 0.4) is 0 Å². The van der Waals surface area contributed by atoms with Crippen molar-refractivity contribution < 1.29 is 9.21 Å². The topological polar surface area (TPSA) is 45.5 Å². The Labute approximate surface area is 153 Å². The fourth-order valence-corrected chi connectivity index (χ4v) is 3.66. The van der Waals surface area contributed by atoms with Gasteiger partial charge in [0, 0.05) is 24.5 Å². The highest BCUT2D eigenvalue weighted by atomic mass is 16.3. The zero-order valence-corrected chi connectivity index (χ0v) is 14.9. The number of hydrogen-bond donors (Lipinski definition) is 1. The predicted octanol–water partition coefficient (Wildman–Crippen LogP) is 3.87. The molecule has 1 atom stereocenters. The van der Waals surface area contributed by atoms with Crippen LogP contribution in [-0.2, 0) is 6.42 Å². The molecule has 4 nitrogen and oxygen atoms in total. The molecule has 1 amide bonds. The van der Waals surface area contributed by atoms with Gasteiger partial charge in [0.15, 0.2) is 5.76 Å². The minimum absolute atomic E-state index is 0.115. The molecule has 0 spiro atoms. The molecule has 2 heterocycles. The molecular formula is C22H24N2O2. The van der Waals surface area contributed by atoms with E-state index in [0.717, 1.165) is 49.9 Å². The van der Waals surface area contributed by atoms with Crippen LogP contribution in [0.15, 0.2) is 65.1 Å². The van der Waals surface area contributed by atoms with Crippen LogP contribution in [0.2, 0.25) is 0 Å². The molecule has 0 saturated carbocycles. The number of rotatable bonds is 5. The summed E-state index contributed by atoms with van der Waals surface area (Å²) in [7, 11) is 0. The molecule has 1 aliphatic rings. The average molecular weight is 348 g/mol. The quantitative estimate of drug-likeness (QED) is 0.761. The van der Waals surface area contributed by atoms with E-state index >= 15 is 0 Å². The van der Waals surface area contributed by atoms with Crippen LogP contribution in [-0.4, -0.2) is 36.5 Å². The standard InChI is InChI=1S/C22H24N2O2/c25-22(21-15-18-9-4-5-11-20(18)26-21)23-19-10-6-13-24(16-19)14-12-17-7-2-1-3-8-17/h1-5,7-9,11,15,19H,6,10,12-14,16H2,(H,23,25)/t19-/m0/s1. The van der Waals surface area contributed by atoms with Crippen molar-refractivity contribution in [2.24, 2.45) is 0 Å². The Morgan fingerprint density at radius 2 is 1.92 bits per heavy atom. The highest BCUT2D eigenvalue weighted by molar-refractivity contribution is 5.96. The number of nitrogens with one attached hydrogen (secondary N) is 1. The zero-order chi connectivity index (χ0) is 17.8. The van der Waals surface area contributed by atoms with E-state index in [1.54, 1.807) is 0 Å². The molecule has 2 aromatic carbocycles. The largest absolute Gasteiger partial charge is 0.451 e. The first-order valence-corrected chi connectivity index (χ1v) is 9.34. The van der Waals surface area contributed by atoms with Gasteiger partial charge in [-0.25, -0.2) is 0 Å². The lowest BCUT2D eigenvalue weighted by atomic mass is 10.0. The summed E-state index contributed by atoms with van der Waals surface area (Å²) in [6, 6.07) is 20.3. The number of fused-ring (bicyclic) bond motifs is 1. The first-order valence-electron chi connectivity index (χ1n) is 9.34. The van der Waals surface area contributed by atoms with Crippen LogP contribution in [0.4, 0.5) is 0 Å². The molecular weight excluding hydrogens is 324 g/mol. The second-order valence-electron chi connectivity index (χ2n) is 7.00. The SMILES string of the molecule is O=C(N[C@H]1CCCN(CCc2ccccc2)C1)c1cc2ccccc2o1. The van der Waals surface area contributed by atoms with E-state index in [1.165, 1.54) is 5.56 Å². The minimum atomic E-state index is -0.115. The fraction of sp³-hybridized carbons (Fsp3) is 0.318. The van der Waals surface area contributed by atoms with Gasteiger partial charge in [-0.05, 0) is 43.5 Å². The number of hydrogen-bond acceptors (Lipinski definition) is 3. The number of benzene rings is 2. The Balaban J connectivity index is 1.33. The molecule has 0 unspecified atom stereocenters. The lowest BCUT2D eigenvalue weighted by Crippen LogP contribution is -2.48. The zero-order valence-electron chi connectivity index (χ0n) is 14.9. The van der Waals surface area contributed by atoms with E-state index in [-0.39, 0.29) is 11.9 Å². The maximum absolute atomic E-state index is 12.5. The van der Waals surface area contributed by atoms with E-state index in [4.69, 9.17) is 4.42 Å². The van der Waals surface area contributed by atoms with Gasteiger partial charge < -0.3 is 14.6 Å². The Morgan fingerprint density at radius 3 is 2.77 bits per heavy atom. The minimum Gasteiger partial charge on any atom is -0.451 e. The summed E-state index contributed by atoms with van der Waals surface area (Å²) in [6.45, 7) is 3.03. The molecule has 1 N–H and O–H groups in total. The van der Waals surface area contributed by atoms with E-state index in [2.05, 4.69) is 34.5 Å². The van der Waals surface area contributed by atoms with Crippen molar-refractivity contribution in [3.8, 4) is 0 Å². The van der Waals surface area contributed by atoms with Gasteiger partial charge in [-0.15, -0.1) is 0 Å². The summed E-state index contributed by atoms with van der Waals surface area (Å²) in [5.41, 5.74) is 2.12. The number of amides is 1. The number of para-hydroxylation sites is 1. The fourth-order valence-electron chi connectivity index (χ4n) is 3.66. The number of nitrogens with zero attached hydrogens (tertiary/aromatic N) is 1. The van der Waals surface area contributed by atoms with E-state index in [9.17, 15) is 4.79 Å². The lowest BCUT2D eigenvalue weighted by Gasteiger charge is -2.33. The average Bonchev–Trinajstić information content (AvgIpc) is 3.12. The smallest absolute Gasteiger partial charge is 0.287 e. The first-order chi connectivity index (χ1) is 12.8. The van der Waals surface area contributed by atoms with Gasteiger partial charge in [-0.3, -0.25) is 4.79 Å². The molecule has 3 aromatic rings. The van der Waals surface area contributed by atoms with Crippen LogP contribution in [0.5, 0.6) is 0 Å². The number of piperidine rings is 1.